The van der Waals surface area contributed by atoms with Gasteiger partial charge in [-0.2, -0.15) is 5.10 Å². The Morgan fingerprint density at radius 2 is 2.33 bits per heavy atom. The molecule has 1 aliphatic rings. The fourth-order valence-electron chi connectivity index (χ4n) is 2.71. The van der Waals surface area contributed by atoms with E-state index < -0.39 is 0 Å². The molecule has 2 aromatic heterocycles. The van der Waals surface area contributed by atoms with Crippen molar-refractivity contribution in [3.05, 3.63) is 29.8 Å². The molecule has 1 amide bonds. The number of hydrogen-bond donors (Lipinski definition) is 2. The highest BCUT2D eigenvalue weighted by atomic mass is 16.5. The first kappa shape index (κ1) is 13.8. The summed E-state index contributed by atoms with van der Waals surface area (Å²) in [4.78, 5) is 14.1. The molecule has 1 fully saturated rings. The number of nitrogens with zero attached hydrogens (tertiary/aromatic N) is 3. The fraction of sp³-hybridized carbons (Fsp3) is 0.500. The number of H-pyrrole nitrogens is 1. The lowest BCUT2D eigenvalue weighted by Crippen LogP contribution is -2.38. The van der Waals surface area contributed by atoms with Crippen molar-refractivity contribution in [1.29, 1.82) is 0 Å². The Balaban J connectivity index is 1.45. The number of anilines is 1. The van der Waals surface area contributed by atoms with Crippen LogP contribution in [-0.2, 0) is 4.79 Å². The predicted octanol–water partition coefficient (Wildman–Crippen LogP) is 1.52. The Labute approximate surface area is 122 Å². The molecule has 3 heterocycles. The zero-order chi connectivity index (χ0) is 14.7. The van der Waals surface area contributed by atoms with Crippen LogP contribution in [0.2, 0.25) is 0 Å². The lowest BCUT2D eigenvalue weighted by atomic mass is 9.94. The average Bonchev–Trinajstić information content (AvgIpc) is 3.11. The highest BCUT2D eigenvalue weighted by Crippen LogP contribution is 2.26. The third kappa shape index (κ3) is 3.49. The second-order valence-corrected chi connectivity index (χ2v) is 5.43. The van der Waals surface area contributed by atoms with Crippen LogP contribution in [0, 0.1) is 6.92 Å². The number of amides is 1. The molecule has 0 aromatic carbocycles. The van der Waals surface area contributed by atoms with Crippen LogP contribution in [0.1, 0.15) is 30.2 Å². The van der Waals surface area contributed by atoms with Crippen LogP contribution < -0.4 is 5.32 Å². The molecule has 0 radical (unpaired) electrons. The molecule has 7 heteroatoms. The van der Waals surface area contributed by atoms with Crippen molar-refractivity contribution in [3.8, 4) is 0 Å². The topological polar surface area (TPSA) is 87.0 Å². The first-order chi connectivity index (χ1) is 10.2. The van der Waals surface area contributed by atoms with E-state index in [0.717, 1.165) is 25.9 Å². The molecule has 21 heavy (non-hydrogen) atoms. The molecule has 0 spiro atoms. The fourth-order valence-corrected chi connectivity index (χ4v) is 2.71. The van der Waals surface area contributed by atoms with Crippen molar-refractivity contribution < 1.29 is 9.32 Å². The molecule has 0 bridgehead atoms. The number of carbonyl (C=O) groups is 1. The Hall–Kier alpha value is -2.15. The largest absolute Gasteiger partial charge is 0.360 e. The minimum atomic E-state index is -0.0525. The summed E-state index contributed by atoms with van der Waals surface area (Å²) in [5, 5.41) is 13.5. The van der Waals surface area contributed by atoms with E-state index in [2.05, 4.69) is 25.6 Å². The molecule has 1 aliphatic heterocycles. The van der Waals surface area contributed by atoms with E-state index in [1.807, 2.05) is 6.07 Å². The number of rotatable bonds is 4. The highest BCUT2D eigenvalue weighted by molar-refractivity contribution is 5.91. The van der Waals surface area contributed by atoms with Gasteiger partial charge < -0.3 is 9.84 Å². The number of aromatic amines is 1. The predicted molar refractivity (Wildman–Crippen MR) is 76.9 cm³/mol. The maximum absolute atomic E-state index is 11.9. The molecule has 7 nitrogen and oxygen atoms in total. The van der Waals surface area contributed by atoms with E-state index in [1.165, 1.54) is 5.69 Å². The Kier molecular flexibility index (Phi) is 4.01. The SMILES string of the molecule is Cc1cc(NC(=O)CN2CCC(c3ccn[nH]3)CC2)no1. The van der Waals surface area contributed by atoms with Crippen LogP contribution in [0.4, 0.5) is 5.82 Å². The monoisotopic (exact) mass is 289 g/mol. The third-order valence-corrected chi connectivity index (χ3v) is 3.81. The van der Waals surface area contributed by atoms with Crippen LogP contribution >= 0.6 is 0 Å². The number of likely N-dealkylation sites (tertiary alicyclic amines) is 1. The second kappa shape index (κ2) is 6.09. The first-order valence-corrected chi connectivity index (χ1v) is 7.15. The van der Waals surface area contributed by atoms with Gasteiger partial charge in [0.15, 0.2) is 5.82 Å². The number of piperidine rings is 1. The van der Waals surface area contributed by atoms with Gasteiger partial charge in [-0.15, -0.1) is 0 Å². The number of hydrogen-bond acceptors (Lipinski definition) is 5. The maximum atomic E-state index is 11.9. The summed E-state index contributed by atoms with van der Waals surface area (Å²) in [6, 6.07) is 3.74. The lowest BCUT2D eigenvalue weighted by molar-refractivity contribution is -0.117. The van der Waals surface area contributed by atoms with Gasteiger partial charge in [0.2, 0.25) is 5.91 Å². The molecule has 1 saturated heterocycles. The summed E-state index contributed by atoms with van der Waals surface area (Å²) in [5.74, 6) is 1.63. The summed E-state index contributed by atoms with van der Waals surface area (Å²) < 4.78 is 4.92. The quantitative estimate of drug-likeness (QED) is 0.891. The van der Waals surface area contributed by atoms with E-state index in [0.29, 0.717) is 24.0 Å². The zero-order valence-corrected chi connectivity index (χ0v) is 12.0. The summed E-state index contributed by atoms with van der Waals surface area (Å²) in [7, 11) is 0. The molecule has 2 aromatic rings. The van der Waals surface area contributed by atoms with Gasteiger partial charge in [0.05, 0.1) is 6.54 Å². The van der Waals surface area contributed by atoms with E-state index in [-0.39, 0.29) is 5.91 Å². The van der Waals surface area contributed by atoms with Crippen LogP contribution in [0.15, 0.2) is 22.9 Å². The summed E-state index contributed by atoms with van der Waals surface area (Å²) in [6.45, 7) is 4.01. The molecule has 2 N–H and O–H groups in total. The van der Waals surface area contributed by atoms with Crippen molar-refractivity contribution >= 4 is 11.7 Å². The van der Waals surface area contributed by atoms with Gasteiger partial charge >= 0.3 is 0 Å². The van der Waals surface area contributed by atoms with Crippen LogP contribution in [0.3, 0.4) is 0 Å². The van der Waals surface area contributed by atoms with E-state index >= 15 is 0 Å². The van der Waals surface area contributed by atoms with Crippen LogP contribution in [-0.4, -0.2) is 45.8 Å². The third-order valence-electron chi connectivity index (χ3n) is 3.81. The standard InChI is InChI=1S/C14H19N5O2/c1-10-8-13(18-21-10)16-14(20)9-19-6-3-11(4-7-19)12-2-5-15-17-12/h2,5,8,11H,3-4,6-7,9H2,1H3,(H,15,17)(H,16,18,20). The van der Waals surface area contributed by atoms with Gasteiger partial charge in [-0.25, -0.2) is 0 Å². The van der Waals surface area contributed by atoms with Gasteiger partial charge in [0, 0.05) is 23.9 Å². The van der Waals surface area contributed by atoms with E-state index in [1.54, 1.807) is 19.2 Å². The van der Waals surface area contributed by atoms with Gasteiger partial charge in [-0.05, 0) is 38.9 Å². The number of carbonyl (C=O) groups excluding carboxylic acids is 1. The molecule has 3 rings (SSSR count). The van der Waals surface area contributed by atoms with Crippen LogP contribution in [0.25, 0.3) is 0 Å². The Morgan fingerprint density at radius 3 is 2.95 bits per heavy atom. The normalized spacial score (nSPS) is 17.0. The Morgan fingerprint density at radius 1 is 1.52 bits per heavy atom. The first-order valence-electron chi connectivity index (χ1n) is 7.15. The van der Waals surface area contributed by atoms with Gasteiger partial charge in [0.1, 0.15) is 5.76 Å². The minimum Gasteiger partial charge on any atom is -0.360 e. The lowest BCUT2D eigenvalue weighted by Gasteiger charge is -2.30. The molecule has 0 saturated carbocycles. The van der Waals surface area contributed by atoms with Gasteiger partial charge in [-0.1, -0.05) is 5.16 Å². The summed E-state index contributed by atoms with van der Waals surface area (Å²) >= 11 is 0. The highest BCUT2D eigenvalue weighted by Gasteiger charge is 2.22. The molecular weight excluding hydrogens is 270 g/mol. The maximum Gasteiger partial charge on any atom is 0.239 e. The Bertz CT molecular complexity index is 584. The van der Waals surface area contributed by atoms with Crippen molar-refractivity contribution in [2.24, 2.45) is 0 Å². The summed E-state index contributed by atoms with van der Waals surface area (Å²) in [6.07, 6.45) is 3.87. The second-order valence-electron chi connectivity index (χ2n) is 5.43. The molecule has 112 valence electrons. The van der Waals surface area contributed by atoms with Crippen molar-refractivity contribution in [2.75, 3.05) is 25.0 Å². The molecular formula is C14H19N5O2. The van der Waals surface area contributed by atoms with E-state index in [4.69, 9.17) is 4.52 Å². The molecule has 0 atom stereocenters. The average molecular weight is 289 g/mol. The van der Waals surface area contributed by atoms with Crippen molar-refractivity contribution in [3.63, 3.8) is 0 Å². The number of nitrogens with one attached hydrogen (secondary N) is 2. The minimum absolute atomic E-state index is 0.0525. The van der Waals surface area contributed by atoms with Gasteiger partial charge in [0.25, 0.3) is 0 Å². The number of aryl methyl sites for hydroxylation is 1. The van der Waals surface area contributed by atoms with E-state index in [9.17, 15) is 4.79 Å². The molecule has 0 unspecified atom stereocenters. The number of aromatic nitrogens is 3. The van der Waals surface area contributed by atoms with Gasteiger partial charge in [-0.3, -0.25) is 14.8 Å². The summed E-state index contributed by atoms with van der Waals surface area (Å²) in [5.41, 5.74) is 1.19. The van der Waals surface area contributed by atoms with Crippen molar-refractivity contribution in [2.45, 2.75) is 25.7 Å². The molecule has 0 aliphatic carbocycles. The van der Waals surface area contributed by atoms with Crippen LogP contribution in [0.5, 0.6) is 0 Å². The van der Waals surface area contributed by atoms with Crippen molar-refractivity contribution in [1.82, 2.24) is 20.3 Å². The zero-order valence-electron chi connectivity index (χ0n) is 12.0. The smallest absolute Gasteiger partial charge is 0.239 e.